The lowest BCUT2D eigenvalue weighted by Crippen LogP contribution is -2.34. The summed E-state index contributed by atoms with van der Waals surface area (Å²) < 4.78 is 10.4. The molecular weight excluding hydrogens is 444 g/mol. The van der Waals surface area contributed by atoms with Crippen LogP contribution in [0.1, 0.15) is 42.3 Å². The number of nitrogen functional groups attached to an aromatic ring is 1. The molecule has 3 amide bonds. The Morgan fingerprint density at radius 2 is 1.62 bits per heavy atom. The van der Waals surface area contributed by atoms with E-state index in [4.69, 9.17) is 30.5 Å². The van der Waals surface area contributed by atoms with E-state index in [0.717, 1.165) is 6.92 Å². The third kappa shape index (κ3) is 10.3. The molecule has 34 heavy (non-hydrogen) atoms. The van der Waals surface area contributed by atoms with Crippen LogP contribution in [0.5, 0.6) is 5.75 Å². The molecule has 0 saturated heterocycles. The third-order valence-corrected chi connectivity index (χ3v) is 3.86. The molecule has 0 saturated carbocycles. The molecule has 6 N–H and O–H groups in total. The molecule has 11 heteroatoms. The van der Waals surface area contributed by atoms with Crippen molar-refractivity contribution in [3.63, 3.8) is 0 Å². The zero-order valence-electron chi connectivity index (χ0n) is 19.3. The molecule has 0 bridgehead atoms. The number of rotatable bonds is 7. The Hall–Kier alpha value is -4.41. The Morgan fingerprint density at radius 1 is 1.06 bits per heavy atom. The number of anilines is 1. The number of carboxylic acid groups (broad SMARTS) is 1. The molecule has 2 aromatic carbocycles. The fourth-order valence-electron chi connectivity index (χ4n) is 2.44. The van der Waals surface area contributed by atoms with Crippen LogP contribution < -0.4 is 21.1 Å². The summed E-state index contributed by atoms with van der Waals surface area (Å²) in [4.78, 5) is 44.8. The summed E-state index contributed by atoms with van der Waals surface area (Å²) >= 11 is 0. The van der Waals surface area contributed by atoms with Crippen LogP contribution in [0.15, 0.2) is 42.5 Å². The van der Waals surface area contributed by atoms with Crippen molar-refractivity contribution in [1.82, 2.24) is 5.32 Å². The highest BCUT2D eigenvalue weighted by atomic mass is 16.6. The maximum absolute atomic E-state index is 12.2. The zero-order chi connectivity index (χ0) is 25.8. The Bertz CT molecular complexity index is 1050. The molecule has 182 valence electrons. The van der Waals surface area contributed by atoms with Crippen LogP contribution in [0.2, 0.25) is 0 Å². The minimum Gasteiger partial charge on any atom is -0.482 e. The number of esters is 1. The Kier molecular flexibility index (Phi) is 10.7. The maximum atomic E-state index is 12.2. The van der Waals surface area contributed by atoms with E-state index < -0.39 is 23.9 Å². The largest absolute Gasteiger partial charge is 0.482 e. The molecule has 0 aromatic heterocycles. The van der Waals surface area contributed by atoms with Crippen molar-refractivity contribution in [2.45, 2.75) is 33.8 Å². The van der Waals surface area contributed by atoms with E-state index >= 15 is 0 Å². The first-order valence-corrected chi connectivity index (χ1v) is 10.1. The molecule has 0 aliphatic heterocycles. The van der Waals surface area contributed by atoms with Gasteiger partial charge in [-0.05, 0) is 56.7 Å². The number of amides is 3. The maximum Gasteiger partial charge on any atom is 0.344 e. The molecule has 0 unspecified atom stereocenters. The van der Waals surface area contributed by atoms with Gasteiger partial charge in [-0.25, -0.2) is 9.59 Å². The molecule has 0 atom stereocenters. The Labute approximate surface area is 196 Å². The number of carbonyl (C=O) groups excluding carboxylic acids is 3. The topological polar surface area (TPSA) is 181 Å². The number of nitrogens with two attached hydrogens (primary N) is 1. The van der Waals surface area contributed by atoms with Gasteiger partial charge in [-0.2, -0.15) is 0 Å². The van der Waals surface area contributed by atoms with Gasteiger partial charge in [0.05, 0.1) is 6.10 Å². The third-order valence-electron chi connectivity index (χ3n) is 3.86. The predicted octanol–water partition coefficient (Wildman–Crippen LogP) is 2.66. The van der Waals surface area contributed by atoms with Crippen LogP contribution in [0.4, 0.5) is 10.5 Å². The van der Waals surface area contributed by atoms with E-state index in [-0.39, 0.29) is 24.1 Å². The first-order chi connectivity index (χ1) is 15.9. The number of amidine groups is 1. The van der Waals surface area contributed by atoms with Gasteiger partial charge in [-0.3, -0.25) is 20.3 Å². The summed E-state index contributed by atoms with van der Waals surface area (Å²) in [5.74, 6) is -1.57. The second-order valence-corrected chi connectivity index (χ2v) is 7.22. The second kappa shape index (κ2) is 13.2. The number of hydrogen-bond acceptors (Lipinski definition) is 7. The van der Waals surface area contributed by atoms with Crippen molar-refractivity contribution < 1.29 is 33.8 Å². The summed E-state index contributed by atoms with van der Waals surface area (Å²) in [6.45, 7) is 6.11. The lowest BCUT2D eigenvalue weighted by Gasteiger charge is -2.12. The van der Waals surface area contributed by atoms with Gasteiger partial charge in [0.2, 0.25) is 0 Å². The molecule has 2 rings (SSSR count). The molecule has 11 nitrogen and oxygen atoms in total. The van der Waals surface area contributed by atoms with Crippen LogP contribution in [0.3, 0.4) is 0 Å². The number of carbonyl (C=O) groups is 4. The second-order valence-electron chi connectivity index (χ2n) is 7.22. The Morgan fingerprint density at radius 3 is 2.12 bits per heavy atom. The highest BCUT2D eigenvalue weighted by Crippen LogP contribution is 2.21. The number of benzene rings is 2. The Balaban J connectivity index is 0.00000133. The van der Waals surface area contributed by atoms with Gasteiger partial charge in [0.25, 0.3) is 11.9 Å². The van der Waals surface area contributed by atoms with Crippen molar-refractivity contribution in [2.24, 2.45) is 5.73 Å². The van der Waals surface area contributed by atoms with Crippen molar-refractivity contribution in [2.75, 3.05) is 11.9 Å². The molecular formula is C23H28N4O7. The van der Waals surface area contributed by atoms with Crippen molar-refractivity contribution in [1.29, 1.82) is 5.41 Å². The average molecular weight is 472 g/mol. The smallest absolute Gasteiger partial charge is 0.344 e. The summed E-state index contributed by atoms with van der Waals surface area (Å²) in [6, 6.07) is 10.1. The molecule has 0 heterocycles. The molecule has 0 spiro atoms. The SMILES string of the molecule is CC(=O)O.Cc1cc(OCC(=O)OC(C)C)ccc1NC(=O)NC(=O)c1ccc(C(=N)N)cc1. The first kappa shape index (κ1) is 27.6. The van der Waals surface area contributed by atoms with Crippen LogP contribution in [0, 0.1) is 12.3 Å². The van der Waals surface area contributed by atoms with Gasteiger partial charge >= 0.3 is 12.0 Å². The zero-order valence-corrected chi connectivity index (χ0v) is 19.3. The minimum atomic E-state index is -0.833. The van der Waals surface area contributed by atoms with Gasteiger partial charge in [-0.1, -0.05) is 12.1 Å². The van der Waals surface area contributed by atoms with Gasteiger partial charge in [-0.15, -0.1) is 0 Å². The van der Waals surface area contributed by atoms with Crippen molar-refractivity contribution in [3.05, 3.63) is 59.2 Å². The van der Waals surface area contributed by atoms with Crippen LogP contribution in [-0.4, -0.2) is 47.5 Å². The van der Waals surface area contributed by atoms with Gasteiger partial charge in [0, 0.05) is 23.7 Å². The van der Waals surface area contributed by atoms with E-state index in [9.17, 15) is 14.4 Å². The predicted molar refractivity (Wildman–Crippen MR) is 125 cm³/mol. The minimum absolute atomic E-state index is 0.112. The van der Waals surface area contributed by atoms with Gasteiger partial charge in [0.1, 0.15) is 11.6 Å². The van der Waals surface area contributed by atoms with E-state index in [1.807, 2.05) is 0 Å². The monoisotopic (exact) mass is 472 g/mol. The quantitative estimate of drug-likeness (QED) is 0.231. The number of nitrogens with one attached hydrogen (secondary N) is 3. The number of ether oxygens (including phenoxy) is 2. The number of aryl methyl sites for hydroxylation is 1. The van der Waals surface area contributed by atoms with Gasteiger partial charge in [0.15, 0.2) is 6.61 Å². The van der Waals surface area contributed by atoms with Crippen molar-refractivity contribution >= 4 is 35.4 Å². The van der Waals surface area contributed by atoms with Gasteiger partial charge < -0.3 is 25.6 Å². The lowest BCUT2D eigenvalue weighted by atomic mass is 10.1. The van der Waals surface area contributed by atoms with Crippen LogP contribution >= 0.6 is 0 Å². The molecule has 0 radical (unpaired) electrons. The molecule has 0 aliphatic carbocycles. The molecule has 2 aromatic rings. The van der Waals surface area contributed by atoms with E-state index in [0.29, 0.717) is 22.6 Å². The van der Waals surface area contributed by atoms with E-state index in [2.05, 4.69) is 10.6 Å². The summed E-state index contributed by atoms with van der Waals surface area (Å²) in [7, 11) is 0. The van der Waals surface area contributed by atoms with E-state index in [1.165, 1.54) is 24.3 Å². The fourth-order valence-corrected chi connectivity index (χ4v) is 2.44. The number of imide groups is 1. The van der Waals surface area contributed by atoms with Crippen molar-refractivity contribution in [3.8, 4) is 5.75 Å². The van der Waals surface area contributed by atoms with Crippen LogP contribution in [-0.2, 0) is 14.3 Å². The first-order valence-electron chi connectivity index (χ1n) is 10.1. The number of urea groups is 1. The highest BCUT2D eigenvalue weighted by Gasteiger charge is 2.13. The fraction of sp³-hybridized carbons (Fsp3) is 0.261. The standard InChI is InChI=1S/C21H24N4O5.C2H4O2/c1-12(2)30-18(26)11-29-16-8-9-17(13(3)10-16)24-21(28)25-20(27)15-6-4-14(5-7-15)19(22)23;1-2(3)4/h4-10,12H,11H2,1-3H3,(H3,22,23)(H2,24,25,27,28);1H3,(H,3,4). The molecule has 0 aliphatic rings. The number of aliphatic carboxylic acids is 1. The normalized spacial score (nSPS) is 9.79. The van der Waals surface area contributed by atoms with E-state index in [1.54, 1.807) is 39.0 Å². The number of hydrogen-bond donors (Lipinski definition) is 5. The molecule has 0 fully saturated rings. The summed E-state index contributed by atoms with van der Waals surface area (Å²) in [5, 5.41) is 19.6. The highest BCUT2D eigenvalue weighted by molar-refractivity contribution is 6.08. The van der Waals surface area contributed by atoms with Crippen LogP contribution in [0.25, 0.3) is 0 Å². The average Bonchev–Trinajstić information content (AvgIpc) is 2.73. The summed E-state index contributed by atoms with van der Waals surface area (Å²) in [5.41, 5.74) is 7.26. The lowest BCUT2D eigenvalue weighted by molar-refractivity contribution is -0.149. The summed E-state index contributed by atoms with van der Waals surface area (Å²) in [6.07, 6.45) is -0.220. The number of carboxylic acids is 1.